The van der Waals surface area contributed by atoms with Crippen molar-refractivity contribution in [2.45, 2.75) is 6.18 Å². The third-order valence-electron chi connectivity index (χ3n) is 1.57. The first-order valence-electron chi connectivity index (χ1n) is 4.55. The van der Waals surface area contributed by atoms with Gasteiger partial charge in [-0.05, 0) is 0 Å². The van der Waals surface area contributed by atoms with Crippen LogP contribution in [0.2, 0.25) is 0 Å². The van der Waals surface area contributed by atoms with Gasteiger partial charge in [-0.2, -0.15) is 18.2 Å². The number of nitrogens with zero attached hydrogens (tertiary/aromatic N) is 2. The third kappa shape index (κ3) is 5.29. The van der Waals surface area contributed by atoms with Gasteiger partial charge in [0.1, 0.15) is 6.61 Å². The Bertz CT molecular complexity index is 371. The Labute approximate surface area is 94.0 Å². The lowest BCUT2D eigenvalue weighted by Gasteiger charge is -2.09. The minimum atomic E-state index is -4.37. The van der Waals surface area contributed by atoms with E-state index in [4.69, 9.17) is 5.73 Å². The maximum absolute atomic E-state index is 13.0. The van der Waals surface area contributed by atoms with Crippen LogP contribution in [0.15, 0.2) is 6.20 Å². The number of hydrogen-bond donors (Lipinski definition) is 2. The molecule has 0 atom stereocenters. The van der Waals surface area contributed by atoms with Gasteiger partial charge in [-0.15, -0.1) is 0 Å². The largest absolute Gasteiger partial charge is 0.411 e. The molecule has 0 aliphatic rings. The molecule has 0 unspecified atom stereocenters. The lowest BCUT2D eigenvalue weighted by atomic mass is 10.5. The summed E-state index contributed by atoms with van der Waals surface area (Å²) in [5.41, 5.74) is 5.21. The molecule has 0 radical (unpaired) electrons. The number of ether oxygens (including phenoxy) is 1. The molecular formula is C8H10F4N4O. The van der Waals surface area contributed by atoms with Crippen molar-refractivity contribution in [1.82, 2.24) is 9.97 Å². The van der Waals surface area contributed by atoms with Gasteiger partial charge >= 0.3 is 6.18 Å². The topological polar surface area (TPSA) is 73.1 Å². The van der Waals surface area contributed by atoms with Crippen molar-refractivity contribution in [1.29, 1.82) is 0 Å². The van der Waals surface area contributed by atoms with E-state index in [1.54, 1.807) is 0 Å². The van der Waals surface area contributed by atoms with Crippen molar-refractivity contribution < 1.29 is 22.3 Å². The van der Waals surface area contributed by atoms with Crippen LogP contribution in [0.5, 0.6) is 0 Å². The molecule has 0 fully saturated rings. The van der Waals surface area contributed by atoms with Gasteiger partial charge in [-0.1, -0.05) is 0 Å². The first-order chi connectivity index (χ1) is 7.88. The van der Waals surface area contributed by atoms with Gasteiger partial charge in [0.15, 0.2) is 11.6 Å². The molecular weight excluding hydrogens is 244 g/mol. The highest BCUT2D eigenvalue weighted by molar-refractivity contribution is 5.38. The fourth-order valence-corrected chi connectivity index (χ4v) is 0.934. The summed E-state index contributed by atoms with van der Waals surface area (Å²) in [7, 11) is 0. The molecule has 0 spiro atoms. The number of nitrogen functional groups attached to an aromatic ring is 1. The van der Waals surface area contributed by atoms with Crippen LogP contribution < -0.4 is 11.1 Å². The average molecular weight is 254 g/mol. The summed E-state index contributed by atoms with van der Waals surface area (Å²) < 4.78 is 52.4. The highest BCUT2D eigenvalue weighted by Gasteiger charge is 2.27. The summed E-state index contributed by atoms with van der Waals surface area (Å²) in [6, 6.07) is 0. The molecule has 1 aromatic rings. The normalized spacial score (nSPS) is 11.5. The first kappa shape index (κ1) is 13.4. The Morgan fingerprint density at radius 3 is 2.76 bits per heavy atom. The quantitative estimate of drug-likeness (QED) is 0.610. The van der Waals surface area contributed by atoms with Gasteiger partial charge in [0.2, 0.25) is 5.95 Å². The zero-order valence-corrected chi connectivity index (χ0v) is 8.59. The van der Waals surface area contributed by atoms with Crippen molar-refractivity contribution in [2.75, 3.05) is 30.8 Å². The van der Waals surface area contributed by atoms with Crippen LogP contribution in [0.1, 0.15) is 0 Å². The van der Waals surface area contributed by atoms with Crippen LogP contribution in [0.3, 0.4) is 0 Å². The molecule has 5 nitrogen and oxygen atoms in total. The number of nitrogens with one attached hydrogen (secondary N) is 1. The van der Waals surface area contributed by atoms with Crippen LogP contribution in [-0.2, 0) is 4.74 Å². The summed E-state index contributed by atoms with van der Waals surface area (Å²) in [5, 5.41) is 2.44. The van der Waals surface area contributed by atoms with Crippen LogP contribution in [0.4, 0.5) is 29.3 Å². The molecule has 0 aliphatic heterocycles. The number of hydrogen-bond acceptors (Lipinski definition) is 5. The van der Waals surface area contributed by atoms with Crippen molar-refractivity contribution in [3.63, 3.8) is 0 Å². The second-order valence-electron chi connectivity index (χ2n) is 3.02. The Morgan fingerprint density at radius 2 is 2.12 bits per heavy atom. The highest BCUT2D eigenvalue weighted by Crippen LogP contribution is 2.14. The molecule has 0 aliphatic carbocycles. The smallest absolute Gasteiger partial charge is 0.370 e. The molecule has 0 bridgehead atoms. The van der Waals surface area contributed by atoms with E-state index in [-0.39, 0.29) is 24.9 Å². The van der Waals surface area contributed by atoms with Gasteiger partial charge in [-0.3, -0.25) is 0 Å². The molecule has 1 aromatic heterocycles. The minimum absolute atomic E-state index is 0.0244. The van der Waals surface area contributed by atoms with E-state index < -0.39 is 18.6 Å². The number of rotatable bonds is 5. The van der Waals surface area contributed by atoms with Crippen LogP contribution >= 0.6 is 0 Å². The van der Waals surface area contributed by atoms with Gasteiger partial charge in [0.05, 0.1) is 12.8 Å². The molecule has 1 heterocycles. The summed E-state index contributed by atoms with van der Waals surface area (Å²) in [6.07, 6.45) is -3.51. The number of aromatic nitrogens is 2. The van der Waals surface area contributed by atoms with E-state index in [0.29, 0.717) is 0 Å². The van der Waals surface area contributed by atoms with Crippen LogP contribution in [0.25, 0.3) is 0 Å². The number of alkyl halides is 3. The molecule has 3 N–H and O–H groups in total. The molecule has 0 saturated heterocycles. The van der Waals surface area contributed by atoms with Gasteiger partial charge < -0.3 is 15.8 Å². The Balaban J connectivity index is 2.29. The Hall–Kier alpha value is -1.64. The number of anilines is 2. The van der Waals surface area contributed by atoms with E-state index in [9.17, 15) is 17.6 Å². The number of nitrogens with two attached hydrogens (primary N) is 1. The zero-order valence-electron chi connectivity index (χ0n) is 8.59. The number of halogens is 4. The molecule has 96 valence electrons. The maximum Gasteiger partial charge on any atom is 0.411 e. The van der Waals surface area contributed by atoms with Crippen molar-refractivity contribution in [3.05, 3.63) is 12.0 Å². The maximum atomic E-state index is 13.0. The molecule has 0 aromatic carbocycles. The second kappa shape index (κ2) is 5.62. The molecule has 9 heteroatoms. The predicted molar refractivity (Wildman–Crippen MR) is 51.8 cm³/mol. The summed E-state index contributed by atoms with van der Waals surface area (Å²) in [5.74, 6) is -1.05. The van der Waals surface area contributed by atoms with Gasteiger partial charge in [0, 0.05) is 6.54 Å². The first-order valence-corrected chi connectivity index (χ1v) is 4.55. The summed E-state index contributed by atoms with van der Waals surface area (Å²) in [6.45, 7) is -1.60. The summed E-state index contributed by atoms with van der Waals surface area (Å²) >= 11 is 0. The lowest BCUT2D eigenvalue weighted by Crippen LogP contribution is -2.20. The minimum Gasteiger partial charge on any atom is -0.370 e. The standard InChI is InChI=1S/C8H10F4N4O/c9-5-3-15-7(13)16-6(5)14-1-2-17-4-8(10,11)12/h3H,1-2,4H2,(H3,13,14,15,16). The average Bonchev–Trinajstić information content (AvgIpc) is 2.21. The van der Waals surface area contributed by atoms with E-state index in [0.717, 1.165) is 6.20 Å². The van der Waals surface area contributed by atoms with E-state index in [2.05, 4.69) is 20.0 Å². The third-order valence-corrected chi connectivity index (χ3v) is 1.57. The highest BCUT2D eigenvalue weighted by atomic mass is 19.4. The Kier molecular flexibility index (Phi) is 4.44. The predicted octanol–water partition coefficient (Wildman–Crippen LogP) is 1.19. The molecule has 17 heavy (non-hydrogen) atoms. The summed E-state index contributed by atoms with van der Waals surface area (Å²) in [4.78, 5) is 6.91. The van der Waals surface area contributed by atoms with E-state index in [1.165, 1.54) is 0 Å². The van der Waals surface area contributed by atoms with Gasteiger partial charge in [-0.25, -0.2) is 9.37 Å². The molecule has 0 amide bonds. The van der Waals surface area contributed by atoms with E-state index >= 15 is 0 Å². The fourth-order valence-electron chi connectivity index (χ4n) is 0.934. The monoisotopic (exact) mass is 254 g/mol. The Morgan fingerprint density at radius 1 is 1.41 bits per heavy atom. The lowest BCUT2D eigenvalue weighted by molar-refractivity contribution is -0.172. The van der Waals surface area contributed by atoms with Crippen LogP contribution in [-0.4, -0.2) is 35.9 Å². The SMILES string of the molecule is Nc1ncc(F)c(NCCOCC(F)(F)F)n1. The molecule has 1 rings (SSSR count). The van der Waals surface area contributed by atoms with Crippen molar-refractivity contribution >= 4 is 11.8 Å². The second-order valence-corrected chi connectivity index (χ2v) is 3.02. The van der Waals surface area contributed by atoms with Crippen LogP contribution in [0, 0.1) is 5.82 Å². The van der Waals surface area contributed by atoms with Crippen molar-refractivity contribution in [2.24, 2.45) is 0 Å². The molecule has 0 saturated carbocycles. The van der Waals surface area contributed by atoms with Gasteiger partial charge in [0.25, 0.3) is 0 Å². The van der Waals surface area contributed by atoms with E-state index in [1.807, 2.05) is 0 Å². The van der Waals surface area contributed by atoms with Crippen molar-refractivity contribution in [3.8, 4) is 0 Å². The zero-order chi connectivity index (χ0) is 12.9. The fraction of sp³-hybridized carbons (Fsp3) is 0.500.